The fourth-order valence-corrected chi connectivity index (χ4v) is 6.84. The minimum atomic E-state index is -1.57. The number of allylic oxidation sites excluding steroid dienone is 5. The Bertz CT molecular complexity index is 941. The second-order valence-electron chi connectivity index (χ2n) is 15.5. The maximum Gasteiger partial charge on any atom is 0.220 e. The van der Waals surface area contributed by atoms with Gasteiger partial charge >= 0.3 is 0 Å². The quantitative estimate of drug-likeness (QED) is 0.0274. The topological polar surface area (TPSA) is 149 Å². The Morgan fingerprint density at radius 3 is 1.67 bits per heavy atom. The molecule has 7 unspecified atom stereocenters. The summed E-state index contributed by atoms with van der Waals surface area (Å²) in [5, 5.41) is 54.1. The standard InChI is InChI=1S/C45H83NO8/c1-3-5-7-9-11-13-15-17-18-19-20-21-23-24-26-28-30-32-34-39(48)38(37-53-45-44(52)43(51)42(50)40(36-47)54-45)46-41(49)35-33-31-29-27-25-22-16-14-12-10-8-6-4-2/h8,10,14,16,32,34,38-40,42-45,47-48,50-52H,3-7,9,11-13,15,17-31,33,35-37H2,1-2H3,(H,46,49)/b10-8-,16-14-,34-32+. The molecule has 0 bridgehead atoms. The maximum atomic E-state index is 12.9. The summed E-state index contributed by atoms with van der Waals surface area (Å²) in [4.78, 5) is 12.9. The maximum absolute atomic E-state index is 12.9. The summed E-state index contributed by atoms with van der Waals surface area (Å²) in [6, 6.07) is -0.810. The number of rotatable bonds is 36. The van der Waals surface area contributed by atoms with Crippen LogP contribution in [0.2, 0.25) is 0 Å². The van der Waals surface area contributed by atoms with Crippen LogP contribution >= 0.6 is 0 Å². The van der Waals surface area contributed by atoms with Crippen molar-refractivity contribution < 1.29 is 39.8 Å². The molecule has 316 valence electrons. The van der Waals surface area contributed by atoms with Crippen LogP contribution < -0.4 is 5.32 Å². The zero-order chi connectivity index (χ0) is 39.5. The third kappa shape index (κ3) is 26.3. The van der Waals surface area contributed by atoms with E-state index in [1.165, 1.54) is 96.3 Å². The number of hydrogen-bond donors (Lipinski definition) is 6. The van der Waals surface area contributed by atoms with Crippen LogP contribution in [0.25, 0.3) is 0 Å². The first-order valence-electron chi connectivity index (χ1n) is 22.2. The second-order valence-corrected chi connectivity index (χ2v) is 15.5. The van der Waals surface area contributed by atoms with Crippen LogP contribution in [0.1, 0.15) is 187 Å². The molecule has 9 nitrogen and oxygen atoms in total. The van der Waals surface area contributed by atoms with Crippen LogP contribution in [-0.4, -0.2) is 87.5 Å². The third-order valence-electron chi connectivity index (χ3n) is 10.4. The fraction of sp³-hybridized carbons (Fsp3) is 0.844. The molecule has 0 radical (unpaired) electrons. The number of carbonyl (C=O) groups is 1. The number of unbranched alkanes of at least 4 members (excludes halogenated alkanes) is 22. The minimum Gasteiger partial charge on any atom is -0.394 e. The van der Waals surface area contributed by atoms with E-state index < -0.39 is 49.5 Å². The molecule has 0 aromatic carbocycles. The van der Waals surface area contributed by atoms with Crippen molar-refractivity contribution in [3.05, 3.63) is 36.5 Å². The third-order valence-corrected chi connectivity index (χ3v) is 10.4. The highest BCUT2D eigenvalue weighted by atomic mass is 16.7. The Morgan fingerprint density at radius 2 is 1.13 bits per heavy atom. The van der Waals surface area contributed by atoms with Gasteiger partial charge in [0, 0.05) is 6.42 Å². The van der Waals surface area contributed by atoms with Gasteiger partial charge < -0.3 is 40.3 Å². The predicted octanol–water partition coefficient (Wildman–Crippen LogP) is 8.89. The molecule has 1 amide bonds. The second kappa shape index (κ2) is 35.8. The van der Waals surface area contributed by atoms with Crippen LogP contribution in [0.15, 0.2) is 36.5 Å². The largest absolute Gasteiger partial charge is 0.394 e. The number of aliphatic hydroxyl groups excluding tert-OH is 5. The van der Waals surface area contributed by atoms with Gasteiger partial charge in [-0.05, 0) is 44.9 Å². The van der Waals surface area contributed by atoms with Crippen LogP contribution in [0.4, 0.5) is 0 Å². The van der Waals surface area contributed by atoms with Crippen molar-refractivity contribution in [1.82, 2.24) is 5.32 Å². The van der Waals surface area contributed by atoms with Gasteiger partial charge in [0.15, 0.2) is 6.29 Å². The number of nitrogens with one attached hydrogen (secondary N) is 1. The molecule has 1 heterocycles. The molecule has 6 N–H and O–H groups in total. The predicted molar refractivity (Wildman–Crippen MR) is 221 cm³/mol. The lowest BCUT2D eigenvalue weighted by atomic mass is 9.99. The molecule has 0 spiro atoms. The van der Waals surface area contributed by atoms with E-state index in [0.717, 1.165) is 70.6 Å². The van der Waals surface area contributed by atoms with Crippen molar-refractivity contribution in [3.8, 4) is 0 Å². The van der Waals surface area contributed by atoms with Crippen LogP contribution in [0.5, 0.6) is 0 Å². The van der Waals surface area contributed by atoms with Crippen molar-refractivity contribution in [1.29, 1.82) is 0 Å². The van der Waals surface area contributed by atoms with Gasteiger partial charge in [0.1, 0.15) is 24.4 Å². The lowest BCUT2D eigenvalue weighted by molar-refractivity contribution is -0.302. The van der Waals surface area contributed by atoms with Crippen molar-refractivity contribution >= 4 is 5.91 Å². The summed E-state index contributed by atoms with van der Waals surface area (Å²) in [6.07, 6.45) is 36.1. The Morgan fingerprint density at radius 1 is 0.630 bits per heavy atom. The average Bonchev–Trinajstić information content (AvgIpc) is 3.17. The SMILES string of the molecule is CCC/C=C\C/C=C\CCCCCCCC(=O)NC(COC1OC(CO)C(O)C(O)C1O)C(O)/C=C/CCCCCCCCCCCCCCCCCC. The van der Waals surface area contributed by atoms with Crippen LogP contribution in [-0.2, 0) is 14.3 Å². The first-order chi connectivity index (χ1) is 26.3. The molecule has 7 atom stereocenters. The van der Waals surface area contributed by atoms with Gasteiger partial charge in [0.05, 0.1) is 25.4 Å². The van der Waals surface area contributed by atoms with Gasteiger partial charge in [-0.15, -0.1) is 0 Å². The van der Waals surface area contributed by atoms with Gasteiger partial charge in [-0.3, -0.25) is 4.79 Å². The molecule has 0 aromatic rings. The molecule has 1 rings (SSSR count). The first kappa shape index (κ1) is 50.4. The molecule has 1 fully saturated rings. The zero-order valence-electron chi connectivity index (χ0n) is 34.5. The molecule has 1 aliphatic rings. The monoisotopic (exact) mass is 766 g/mol. The van der Waals surface area contributed by atoms with Gasteiger partial charge in [-0.1, -0.05) is 172 Å². The van der Waals surface area contributed by atoms with E-state index in [4.69, 9.17) is 9.47 Å². The Balaban J connectivity index is 2.38. The van der Waals surface area contributed by atoms with E-state index in [0.29, 0.717) is 6.42 Å². The first-order valence-corrected chi connectivity index (χ1v) is 22.2. The summed E-state index contributed by atoms with van der Waals surface area (Å²) in [5.41, 5.74) is 0. The Labute approximate surface area is 330 Å². The minimum absolute atomic E-state index is 0.193. The highest BCUT2D eigenvalue weighted by molar-refractivity contribution is 5.76. The molecular weight excluding hydrogens is 682 g/mol. The van der Waals surface area contributed by atoms with Crippen LogP contribution in [0.3, 0.4) is 0 Å². The normalized spacial score (nSPS) is 21.8. The fourth-order valence-electron chi connectivity index (χ4n) is 6.84. The van der Waals surface area contributed by atoms with E-state index in [-0.39, 0.29) is 12.5 Å². The number of carbonyl (C=O) groups excluding carboxylic acids is 1. The zero-order valence-corrected chi connectivity index (χ0v) is 34.5. The summed E-state index contributed by atoms with van der Waals surface area (Å²) >= 11 is 0. The number of amides is 1. The smallest absolute Gasteiger partial charge is 0.220 e. The van der Waals surface area contributed by atoms with Gasteiger partial charge in [-0.2, -0.15) is 0 Å². The van der Waals surface area contributed by atoms with E-state index in [9.17, 15) is 30.3 Å². The number of ether oxygens (including phenoxy) is 2. The lowest BCUT2D eigenvalue weighted by Gasteiger charge is -2.40. The van der Waals surface area contributed by atoms with Crippen LogP contribution in [0, 0.1) is 0 Å². The average molecular weight is 766 g/mol. The molecular formula is C45H83NO8. The van der Waals surface area contributed by atoms with E-state index in [1.807, 2.05) is 6.08 Å². The van der Waals surface area contributed by atoms with Crippen molar-refractivity contribution in [2.75, 3.05) is 13.2 Å². The van der Waals surface area contributed by atoms with E-state index in [2.05, 4.69) is 43.5 Å². The summed E-state index contributed by atoms with van der Waals surface area (Å²) < 4.78 is 11.2. The van der Waals surface area contributed by atoms with E-state index >= 15 is 0 Å². The van der Waals surface area contributed by atoms with Gasteiger partial charge in [0.25, 0.3) is 0 Å². The molecule has 0 aliphatic carbocycles. The number of aliphatic hydroxyl groups is 5. The molecule has 1 saturated heterocycles. The lowest BCUT2D eigenvalue weighted by Crippen LogP contribution is -2.60. The van der Waals surface area contributed by atoms with Gasteiger partial charge in [-0.25, -0.2) is 0 Å². The summed E-state index contributed by atoms with van der Waals surface area (Å²) in [5.74, 6) is -0.193. The van der Waals surface area contributed by atoms with Crippen molar-refractivity contribution in [2.45, 2.75) is 230 Å². The molecule has 1 aliphatic heterocycles. The summed E-state index contributed by atoms with van der Waals surface area (Å²) in [6.45, 7) is 3.69. The Hall–Kier alpha value is -1.59. The highest BCUT2D eigenvalue weighted by Gasteiger charge is 2.44. The van der Waals surface area contributed by atoms with Crippen molar-refractivity contribution in [2.24, 2.45) is 0 Å². The molecule has 0 saturated carbocycles. The molecule has 54 heavy (non-hydrogen) atoms. The van der Waals surface area contributed by atoms with E-state index in [1.54, 1.807) is 6.08 Å². The van der Waals surface area contributed by atoms with Crippen molar-refractivity contribution in [3.63, 3.8) is 0 Å². The summed E-state index contributed by atoms with van der Waals surface area (Å²) in [7, 11) is 0. The Kier molecular flexibility index (Phi) is 33.4. The number of hydrogen-bond acceptors (Lipinski definition) is 8. The molecule has 9 heteroatoms. The van der Waals surface area contributed by atoms with Gasteiger partial charge in [0.2, 0.25) is 5.91 Å². The highest BCUT2D eigenvalue weighted by Crippen LogP contribution is 2.22. The molecule has 0 aromatic heterocycles.